The van der Waals surface area contributed by atoms with E-state index in [1.807, 2.05) is 12.1 Å². The van der Waals surface area contributed by atoms with E-state index in [0.29, 0.717) is 30.9 Å². The molecule has 0 spiro atoms. The first kappa shape index (κ1) is 27.8. The molecule has 8 heteroatoms. The summed E-state index contributed by atoms with van der Waals surface area (Å²) in [4.78, 5) is 15.3. The lowest BCUT2D eigenvalue weighted by molar-refractivity contribution is 0.0681. The molecule has 2 aromatic carbocycles. The Balaban J connectivity index is 1.87. The van der Waals surface area contributed by atoms with Gasteiger partial charge in [-0.1, -0.05) is 88.0 Å². The summed E-state index contributed by atoms with van der Waals surface area (Å²) in [6.45, 7) is 9.34. The highest BCUT2D eigenvalue weighted by molar-refractivity contribution is 7.91. The molecule has 3 rings (SSSR count). The van der Waals surface area contributed by atoms with Crippen molar-refractivity contribution in [2.75, 3.05) is 18.1 Å². The second-order valence-corrected chi connectivity index (χ2v) is 13.3. The normalized spacial score (nSPS) is 17.4. The average molecular weight is 541 g/mol. The molecule has 1 aliphatic heterocycles. The predicted molar refractivity (Wildman–Crippen MR) is 144 cm³/mol. The lowest BCUT2D eigenvalue weighted by atomic mass is 9.86. The van der Waals surface area contributed by atoms with Crippen molar-refractivity contribution < 1.29 is 17.9 Å². The van der Waals surface area contributed by atoms with Crippen molar-refractivity contribution in [2.24, 2.45) is 0 Å². The molecular weight excluding hydrogens is 505 g/mol. The Morgan fingerprint density at radius 2 is 1.71 bits per heavy atom. The number of nitrogens with zero attached hydrogens (tertiary/aromatic N) is 1. The molecule has 0 unspecified atom stereocenters. The Bertz CT molecular complexity index is 1120. The van der Waals surface area contributed by atoms with Crippen LogP contribution in [0.5, 0.6) is 5.75 Å². The maximum atomic E-state index is 13.7. The Labute approximate surface area is 219 Å². The fourth-order valence-electron chi connectivity index (χ4n) is 4.21. The van der Waals surface area contributed by atoms with Crippen LogP contribution in [-0.4, -0.2) is 43.4 Å². The van der Waals surface area contributed by atoms with Gasteiger partial charge in [-0.25, -0.2) is 8.42 Å². The summed E-state index contributed by atoms with van der Waals surface area (Å²) in [5.74, 6) is 0.108. The summed E-state index contributed by atoms with van der Waals surface area (Å²) in [5.41, 5.74) is 2.46. The summed E-state index contributed by atoms with van der Waals surface area (Å²) >= 11 is 12.9. The molecule has 2 aromatic rings. The quantitative estimate of drug-likeness (QED) is 0.333. The highest BCUT2D eigenvalue weighted by atomic mass is 35.5. The molecule has 0 saturated carbocycles. The van der Waals surface area contributed by atoms with Gasteiger partial charge in [0.1, 0.15) is 0 Å². The van der Waals surface area contributed by atoms with Crippen LogP contribution in [0.4, 0.5) is 0 Å². The summed E-state index contributed by atoms with van der Waals surface area (Å²) in [7, 11) is -3.18. The molecule has 1 amide bonds. The van der Waals surface area contributed by atoms with Crippen LogP contribution in [0, 0.1) is 0 Å². The predicted octanol–water partition coefficient (Wildman–Crippen LogP) is 6.69. The number of ether oxygens (including phenoxy) is 1. The molecule has 0 radical (unpaired) electrons. The van der Waals surface area contributed by atoms with Gasteiger partial charge < -0.3 is 9.64 Å². The van der Waals surface area contributed by atoms with E-state index in [9.17, 15) is 13.2 Å². The first-order chi connectivity index (χ1) is 16.4. The molecule has 192 valence electrons. The Hall–Kier alpha value is -1.76. The second kappa shape index (κ2) is 11.5. The summed E-state index contributed by atoms with van der Waals surface area (Å²) in [6, 6.07) is 10.8. The lowest BCUT2D eigenvalue weighted by Gasteiger charge is -2.29. The van der Waals surface area contributed by atoms with E-state index in [2.05, 4.69) is 39.8 Å². The van der Waals surface area contributed by atoms with E-state index in [-0.39, 0.29) is 32.9 Å². The Morgan fingerprint density at radius 1 is 1.09 bits per heavy atom. The second-order valence-electron chi connectivity index (χ2n) is 10.3. The summed E-state index contributed by atoms with van der Waals surface area (Å²) < 4.78 is 30.2. The number of rotatable bonds is 9. The number of unbranched alkanes of at least 4 members (excludes halogenated alkanes) is 2. The van der Waals surface area contributed by atoms with Crippen LogP contribution in [0.25, 0.3) is 0 Å². The average Bonchev–Trinajstić information content (AvgIpc) is 3.15. The fourth-order valence-corrected chi connectivity index (χ4v) is 6.54. The molecule has 0 N–H and O–H groups in total. The van der Waals surface area contributed by atoms with Crippen LogP contribution < -0.4 is 4.74 Å². The van der Waals surface area contributed by atoms with E-state index in [1.54, 1.807) is 17.0 Å². The van der Waals surface area contributed by atoms with Gasteiger partial charge in [0, 0.05) is 18.2 Å². The topological polar surface area (TPSA) is 63.7 Å². The van der Waals surface area contributed by atoms with E-state index in [4.69, 9.17) is 27.9 Å². The highest BCUT2D eigenvalue weighted by Gasteiger charge is 2.35. The first-order valence-corrected chi connectivity index (χ1v) is 14.7. The van der Waals surface area contributed by atoms with Crippen molar-refractivity contribution in [3.05, 3.63) is 63.1 Å². The minimum atomic E-state index is -3.18. The van der Waals surface area contributed by atoms with Crippen LogP contribution >= 0.6 is 23.2 Å². The first-order valence-electron chi connectivity index (χ1n) is 12.1. The fraction of sp³-hybridized carbons (Fsp3) is 0.519. The number of carbonyl (C=O) groups is 1. The maximum absolute atomic E-state index is 13.7. The molecular formula is C27H35Cl2NO4S. The number of benzene rings is 2. The largest absolute Gasteiger partial charge is 0.490 e. The zero-order chi connectivity index (χ0) is 25.8. The van der Waals surface area contributed by atoms with Gasteiger partial charge in [0.05, 0.1) is 28.2 Å². The highest BCUT2D eigenvalue weighted by Crippen LogP contribution is 2.35. The molecule has 1 atom stereocenters. The van der Waals surface area contributed by atoms with Gasteiger partial charge in [-0.15, -0.1) is 0 Å². The SMILES string of the molecule is CCCCCOc1c(Cl)cc(C(=O)N(Cc2ccc(C(C)(C)C)cc2)[C@@H]2CCS(=O)(=O)C2)cc1Cl. The molecule has 1 aliphatic rings. The van der Waals surface area contributed by atoms with Crippen molar-refractivity contribution in [1.29, 1.82) is 0 Å². The summed E-state index contributed by atoms with van der Waals surface area (Å²) in [5, 5.41) is 0.539. The van der Waals surface area contributed by atoms with E-state index in [1.165, 1.54) is 5.56 Å². The number of carbonyl (C=O) groups excluding carboxylic acids is 1. The van der Waals surface area contributed by atoms with Crippen LogP contribution in [-0.2, 0) is 21.8 Å². The Morgan fingerprint density at radius 3 is 2.23 bits per heavy atom. The molecule has 1 fully saturated rings. The Kier molecular flexibility index (Phi) is 9.16. The summed E-state index contributed by atoms with van der Waals surface area (Å²) in [6.07, 6.45) is 3.42. The minimum absolute atomic E-state index is 0.0153. The van der Waals surface area contributed by atoms with E-state index >= 15 is 0 Å². The molecule has 1 saturated heterocycles. The third-order valence-corrected chi connectivity index (χ3v) is 8.63. The number of amides is 1. The monoisotopic (exact) mass is 539 g/mol. The van der Waals surface area contributed by atoms with Crippen molar-refractivity contribution >= 4 is 38.9 Å². The van der Waals surface area contributed by atoms with Crippen LogP contribution in [0.3, 0.4) is 0 Å². The van der Waals surface area contributed by atoms with E-state index in [0.717, 1.165) is 24.8 Å². The third kappa shape index (κ3) is 7.37. The smallest absolute Gasteiger partial charge is 0.254 e. The standard InChI is InChI=1S/C27H35Cl2NO4S/c1-5-6-7-13-34-25-23(28)15-20(16-24(25)29)26(31)30(22-12-14-35(32,33)18-22)17-19-8-10-21(11-9-19)27(2,3)4/h8-11,15-16,22H,5-7,12-14,17-18H2,1-4H3/t22-/m1/s1. The van der Waals surface area contributed by atoms with Gasteiger partial charge in [-0.2, -0.15) is 0 Å². The van der Waals surface area contributed by atoms with Crippen LogP contribution in [0.15, 0.2) is 36.4 Å². The molecule has 5 nitrogen and oxygen atoms in total. The van der Waals surface area contributed by atoms with E-state index < -0.39 is 15.9 Å². The maximum Gasteiger partial charge on any atom is 0.254 e. The van der Waals surface area contributed by atoms with Crippen molar-refractivity contribution in [3.8, 4) is 5.75 Å². The van der Waals surface area contributed by atoms with Crippen LogP contribution in [0.2, 0.25) is 10.0 Å². The zero-order valence-corrected chi connectivity index (χ0v) is 23.3. The number of halogens is 2. The molecule has 0 bridgehead atoms. The van der Waals surface area contributed by atoms with Crippen molar-refractivity contribution in [1.82, 2.24) is 4.90 Å². The molecule has 0 aliphatic carbocycles. The van der Waals surface area contributed by atoms with Gasteiger partial charge in [-0.05, 0) is 41.5 Å². The minimum Gasteiger partial charge on any atom is -0.490 e. The number of hydrogen-bond acceptors (Lipinski definition) is 4. The number of sulfone groups is 1. The van der Waals surface area contributed by atoms with Crippen LogP contribution in [0.1, 0.15) is 74.9 Å². The lowest BCUT2D eigenvalue weighted by Crippen LogP contribution is -2.40. The zero-order valence-electron chi connectivity index (χ0n) is 20.9. The van der Waals surface area contributed by atoms with Gasteiger partial charge in [0.25, 0.3) is 5.91 Å². The van der Waals surface area contributed by atoms with Gasteiger partial charge in [0.2, 0.25) is 0 Å². The number of hydrogen-bond donors (Lipinski definition) is 0. The molecule has 1 heterocycles. The van der Waals surface area contributed by atoms with Gasteiger partial charge >= 0.3 is 0 Å². The van der Waals surface area contributed by atoms with Gasteiger partial charge in [0.15, 0.2) is 15.6 Å². The molecule has 0 aromatic heterocycles. The molecule has 35 heavy (non-hydrogen) atoms. The van der Waals surface area contributed by atoms with Crippen molar-refractivity contribution in [3.63, 3.8) is 0 Å². The van der Waals surface area contributed by atoms with Crippen molar-refractivity contribution in [2.45, 2.75) is 71.4 Å². The van der Waals surface area contributed by atoms with Gasteiger partial charge in [-0.3, -0.25) is 4.79 Å². The third-order valence-electron chi connectivity index (χ3n) is 6.32.